The Balaban J connectivity index is 2.11. The van der Waals surface area contributed by atoms with Gasteiger partial charge >= 0.3 is 0 Å². The molecule has 0 saturated carbocycles. The number of carbonyl (C=O) groups excluding carboxylic acids is 4. The normalized spacial score (nSPS) is 9.71. The van der Waals surface area contributed by atoms with E-state index in [0.717, 1.165) is 0 Å². The molecule has 2 rings (SSSR count). The fourth-order valence-electron chi connectivity index (χ4n) is 1.65. The highest BCUT2D eigenvalue weighted by atomic mass is 16.5. The van der Waals surface area contributed by atoms with Gasteiger partial charge < -0.3 is 4.74 Å². The number of benzene rings is 2. The van der Waals surface area contributed by atoms with Gasteiger partial charge in [0, 0.05) is 11.1 Å². The first-order valence-electron chi connectivity index (χ1n) is 6.01. The molecular formula is C16H10O5. The van der Waals surface area contributed by atoms with Gasteiger partial charge in [0.05, 0.1) is 0 Å². The predicted molar refractivity (Wildman–Crippen MR) is 73.7 cm³/mol. The van der Waals surface area contributed by atoms with E-state index in [2.05, 4.69) is 0 Å². The van der Waals surface area contributed by atoms with Gasteiger partial charge in [-0.15, -0.1) is 0 Å². The van der Waals surface area contributed by atoms with Crippen molar-refractivity contribution in [3.05, 3.63) is 59.7 Å². The molecule has 0 atom stereocenters. The number of Topliss-reactive ketones (excluding diaryl/α,β-unsaturated/α-hetero) is 2. The highest BCUT2D eigenvalue weighted by Crippen LogP contribution is 2.22. The summed E-state index contributed by atoms with van der Waals surface area (Å²) in [6, 6.07) is 12.2. The summed E-state index contributed by atoms with van der Waals surface area (Å²) in [5.41, 5.74) is 0.563. The van der Waals surface area contributed by atoms with E-state index in [-0.39, 0.29) is 23.7 Å². The molecule has 0 aliphatic carbocycles. The Kier molecular flexibility index (Phi) is 4.36. The van der Waals surface area contributed by atoms with Crippen molar-refractivity contribution < 1.29 is 23.9 Å². The van der Waals surface area contributed by atoms with Crippen LogP contribution < -0.4 is 4.74 Å². The molecule has 0 saturated heterocycles. The van der Waals surface area contributed by atoms with Gasteiger partial charge in [-0.3, -0.25) is 19.2 Å². The summed E-state index contributed by atoms with van der Waals surface area (Å²) in [4.78, 5) is 43.0. The number of ether oxygens (including phenoxy) is 1. The molecule has 2 aromatic carbocycles. The number of aldehydes is 2. The first-order chi connectivity index (χ1) is 10.1. The number of rotatable bonds is 6. The van der Waals surface area contributed by atoms with Crippen LogP contribution in [0.1, 0.15) is 20.7 Å². The van der Waals surface area contributed by atoms with E-state index in [0.29, 0.717) is 11.5 Å². The lowest BCUT2D eigenvalue weighted by Gasteiger charge is -2.06. The van der Waals surface area contributed by atoms with E-state index >= 15 is 0 Å². The van der Waals surface area contributed by atoms with Gasteiger partial charge in [0.1, 0.15) is 11.5 Å². The van der Waals surface area contributed by atoms with Crippen LogP contribution in [-0.2, 0) is 9.59 Å². The Bertz CT molecular complexity index is 622. The highest BCUT2D eigenvalue weighted by molar-refractivity contribution is 6.33. The second kappa shape index (κ2) is 6.38. The summed E-state index contributed by atoms with van der Waals surface area (Å²) in [6.07, 6.45) is 0.497. The summed E-state index contributed by atoms with van der Waals surface area (Å²) in [7, 11) is 0. The molecule has 0 bridgehead atoms. The molecule has 104 valence electrons. The van der Waals surface area contributed by atoms with E-state index in [1.165, 1.54) is 24.3 Å². The van der Waals surface area contributed by atoms with E-state index in [1.807, 2.05) is 0 Å². The minimum Gasteiger partial charge on any atom is -0.457 e. The SMILES string of the molecule is O=CC(=O)c1ccc(Oc2ccc(C(=O)C=O)cc2)cc1. The molecule has 0 aromatic heterocycles. The summed E-state index contributed by atoms with van der Waals surface area (Å²) in [5.74, 6) is -0.240. The summed E-state index contributed by atoms with van der Waals surface area (Å²) < 4.78 is 5.52. The van der Waals surface area contributed by atoms with Gasteiger partial charge in [-0.25, -0.2) is 0 Å². The standard InChI is InChI=1S/C16H10O5/c17-9-15(19)11-1-5-13(6-2-11)21-14-7-3-12(4-8-14)16(20)10-18/h1-10H. The molecule has 0 spiro atoms. The fraction of sp³-hybridized carbons (Fsp3) is 0. The first-order valence-corrected chi connectivity index (χ1v) is 6.01. The maximum atomic E-state index is 11.1. The molecule has 0 heterocycles. The second-order valence-electron chi connectivity index (χ2n) is 4.12. The van der Waals surface area contributed by atoms with Crippen molar-refractivity contribution in [3.8, 4) is 11.5 Å². The zero-order valence-corrected chi connectivity index (χ0v) is 10.8. The Hall–Kier alpha value is -3.08. The smallest absolute Gasteiger partial charge is 0.225 e. The Morgan fingerprint density at radius 2 is 1.00 bits per heavy atom. The number of hydrogen-bond donors (Lipinski definition) is 0. The molecule has 0 unspecified atom stereocenters. The summed E-state index contributed by atoms with van der Waals surface area (Å²) >= 11 is 0. The third-order valence-corrected chi connectivity index (χ3v) is 2.73. The molecule has 0 N–H and O–H groups in total. The third kappa shape index (κ3) is 3.48. The van der Waals surface area contributed by atoms with E-state index in [9.17, 15) is 19.2 Å². The number of ketones is 2. The van der Waals surface area contributed by atoms with Gasteiger partial charge in [-0.05, 0) is 48.5 Å². The zero-order chi connectivity index (χ0) is 15.2. The Morgan fingerprint density at radius 3 is 1.29 bits per heavy atom. The van der Waals surface area contributed by atoms with E-state index in [4.69, 9.17) is 4.74 Å². The summed E-state index contributed by atoms with van der Waals surface area (Å²) in [5, 5.41) is 0. The molecule has 2 aromatic rings. The Labute approximate surface area is 120 Å². The minimum atomic E-state index is -0.599. The van der Waals surface area contributed by atoms with Crippen molar-refractivity contribution in [2.24, 2.45) is 0 Å². The van der Waals surface area contributed by atoms with Crippen molar-refractivity contribution in [3.63, 3.8) is 0 Å². The van der Waals surface area contributed by atoms with Crippen LogP contribution in [-0.4, -0.2) is 24.1 Å². The largest absolute Gasteiger partial charge is 0.457 e. The minimum absolute atomic E-state index is 0.249. The molecule has 5 nitrogen and oxygen atoms in total. The second-order valence-corrected chi connectivity index (χ2v) is 4.12. The molecule has 0 aliphatic heterocycles. The van der Waals surface area contributed by atoms with Crippen LogP contribution in [0.5, 0.6) is 11.5 Å². The van der Waals surface area contributed by atoms with Gasteiger partial charge in [-0.2, -0.15) is 0 Å². The van der Waals surface area contributed by atoms with Gasteiger partial charge in [-0.1, -0.05) is 0 Å². The first kappa shape index (κ1) is 14.3. The zero-order valence-electron chi connectivity index (χ0n) is 10.8. The van der Waals surface area contributed by atoms with Crippen molar-refractivity contribution in [2.75, 3.05) is 0 Å². The lowest BCUT2D eigenvalue weighted by Crippen LogP contribution is -1.99. The van der Waals surface area contributed by atoms with Crippen LogP contribution in [0, 0.1) is 0 Å². The molecule has 0 radical (unpaired) electrons. The topological polar surface area (TPSA) is 77.5 Å². The van der Waals surface area contributed by atoms with Crippen molar-refractivity contribution in [1.29, 1.82) is 0 Å². The fourth-order valence-corrected chi connectivity index (χ4v) is 1.65. The molecule has 0 aliphatic rings. The van der Waals surface area contributed by atoms with Gasteiger partial charge in [0.15, 0.2) is 12.6 Å². The lowest BCUT2D eigenvalue weighted by atomic mass is 10.1. The van der Waals surface area contributed by atoms with Crippen LogP contribution in [0.3, 0.4) is 0 Å². The van der Waals surface area contributed by atoms with Crippen LogP contribution in [0.25, 0.3) is 0 Å². The van der Waals surface area contributed by atoms with E-state index < -0.39 is 11.6 Å². The number of hydrogen-bond acceptors (Lipinski definition) is 5. The monoisotopic (exact) mass is 282 g/mol. The molecule has 0 amide bonds. The van der Waals surface area contributed by atoms with E-state index in [1.54, 1.807) is 24.3 Å². The molecule has 21 heavy (non-hydrogen) atoms. The van der Waals surface area contributed by atoms with Crippen LogP contribution in [0.15, 0.2) is 48.5 Å². The lowest BCUT2D eigenvalue weighted by molar-refractivity contribution is -0.105. The summed E-state index contributed by atoms with van der Waals surface area (Å²) in [6.45, 7) is 0. The van der Waals surface area contributed by atoms with Crippen molar-refractivity contribution >= 4 is 24.1 Å². The predicted octanol–water partition coefficient (Wildman–Crippen LogP) is 2.24. The number of carbonyl (C=O) groups is 4. The third-order valence-electron chi connectivity index (χ3n) is 2.73. The average Bonchev–Trinajstić information content (AvgIpc) is 2.55. The maximum absolute atomic E-state index is 11.1. The van der Waals surface area contributed by atoms with Crippen molar-refractivity contribution in [2.45, 2.75) is 0 Å². The molecule has 0 fully saturated rings. The van der Waals surface area contributed by atoms with Crippen LogP contribution >= 0.6 is 0 Å². The molecule has 5 heteroatoms. The van der Waals surface area contributed by atoms with Crippen LogP contribution in [0.4, 0.5) is 0 Å². The van der Waals surface area contributed by atoms with Crippen LogP contribution in [0.2, 0.25) is 0 Å². The highest BCUT2D eigenvalue weighted by Gasteiger charge is 2.06. The van der Waals surface area contributed by atoms with Gasteiger partial charge in [0.2, 0.25) is 11.6 Å². The molecular weight excluding hydrogens is 272 g/mol. The Morgan fingerprint density at radius 1 is 0.667 bits per heavy atom. The maximum Gasteiger partial charge on any atom is 0.225 e. The average molecular weight is 282 g/mol. The van der Waals surface area contributed by atoms with Crippen molar-refractivity contribution in [1.82, 2.24) is 0 Å². The van der Waals surface area contributed by atoms with Gasteiger partial charge in [0.25, 0.3) is 0 Å². The quantitative estimate of drug-likeness (QED) is 0.461.